The fourth-order valence-electron chi connectivity index (χ4n) is 3.81. The third-order valence-corrected chi connectivity index (χ3v) is 5.43. The smallest absolute Gasteiger partial charge is 0.333 e. The monoisotopic (exact) mass is 393 g/mol. The number of nitrogens with one attached hydrogen (secondary N) is 1. The van der Waals surface area contributed by atoms with E-state index in [1.807, 2.05) is 56.4 Å². The van der Waals surface area contributed by atoms with Crippen molar-refractivity contribution in [2.24, 2.45) is 0 Å². The van der Waals surface area contributed by atoms with Gasteiger partial charge in [0.2, 0.25) is 5.95 Å². The summed E-state index contributed by atoms with van der Waals surface area (Å²) in [6.07, 6.45) is 6.76. The Labute approximate surface area is 170 Å². The molecule has 0 unspecified atom stereocenters. The molecule has 1 aliphatic rings. The van der Waals surface area contributed by atoms with E-state index in [1.165, 1.54) is 0 Å². The second-order valence-corrected chi connectivity index (χ2v) is 7.88. The number of hydrogen-bond acceptors (Lipinski definition) is 5. The molecule has 1 saturated carbocycles. The maximum atomic E-state index is 13.1. The van der Waals surface area contributed by atoms with Gasteiger partial charge in [-0.15, -0.1) is 0 Å². The average Bonchev–Trinajstić information content (AvgIpc) is 3.08. The van der Waals surface area contributed by atoms with Gasteiger partial charge in [-0.3, -0.25) is 9.13 Å². The number of nitrogens with zero attached hydrogens (tertiary/aromatic N) is 4. The van der Waals surface area contributed by atoms with E-state index in [9.17, 15) is 9.90 Å². The summed E-state index contributed by atoms with van der Waals surface area (Å²) in [5.41, 5.74) is 2.15. The van der Waals surface area contributed by atoms with Crippen LogP contribution in [-0.4, -0.2) is 36.4 Å². The molecular weight excluding hydrogens is 366 g/mol. The summed E-state index contributed by atoms with van der Waals surface area (Å²) in [5.74, 6) is 0.549. The Hall–Kier alpha value is -2.93. The predicted molar refractivity (Wildman–Crippen MR) is 113 cm³/mol. The van der Waals surface area contributed by atoms with Crippen molar-refractivity contribution in [3.05, 3.63) is 59.3 Å². The summed E-state index contributed by atoms with van der Waals surface area (Å²) in [6.45, 7) is 3.98. The Balaban J connectivity index is 1.71. The molecule has 1 aromatic carbocycles. The van der Waals surface area contributed by atoms with Crippen LogP contribution >= 0.6 is 0 Å². The molecule has 0 atom stereocenters. The summed E-state index contributed by atoms with van der Waals surface area (Å²) in [6, 6.07) is 11.7. The molecule has 29 heavy (non-hydrogen) atoms. The van der Waals surface area contributed by atoms with Gasteiger partial charge in [0.15, 0.2) is 0 Å². The van der Waals surface area contributed by atoms with Crippen LogP contribution in [0.4, 0.5) is 5.95 Å². The Morgan fingerprint density at radius 2 is 1.83 bits per heavy atom. The van der Waals surface area contributed by atoms with Gasteiger partial charge >= 0.3 is 5.69 Å². The average molecular weight is 393 g/mol. The van der Waals surface area contributed by atoms with E-state index >= 15 is 0 Å². The van der Waals surface area contributed by atoms with Crippen LogP contribution in [0.2, 0.25) is 0 Å². The SMILES string of the molecule is CC(C)n1cc(-c2ccnc(N[C@H]3CC[C@H](O)CC3)n2)n(-c2ccccc2)c1=O. The van der Waals surface area contributed by atoms with Crippen molar-refractivity contribution < 1.29 is 5.11 Å². The van der Waals surface area contributed by atoms with Gasteiger partial charge in [-0.25, -0.2) is 14.8 Å². The van der Waals surface area contributed by atoms with E-state index in [2.05, 4.69) is 10.3 Å². The second-order valence-electron chi connectivity index (χ2n) is 7.88. The molecule has 1 aliphatic carbocycles. The zero-order valence-electron chi connectivity index (χ0n) is 16.8. The minimum Gasteiger partial charge on any atom is -0.393 e. The Bertz CT molecular complexity index is 1020. The molecule has 2 heterocycles. The van der Waals surface area contributed by atoms with Gasteiger partial charge in [0.05, 0.1) is 23.2 Å². The Kier molecular flexibility index (Phi) is 5.49. The number of para-hydroxylation sites is 1. The zero-order chi connectivity index (χ0) is 20.4. The van der Waals surface area contributed by atoms with Crippen molar-refractivity contribution in [3.63, 3.8) is 0 Å². The lowest BCUT2D eigenvalue weighted by molar-refractivity contribution is 0.126. The highest BCUT2D eigenvalue weighted by Gasteiger charge is 2.21. The lowest BCUT2D eigenvalue weighted by Gasteiger charge is -2.26. The lowest BCUT2D eigenvalue weighted by atomic mass is 9.93. The molecule has 3 aromatic rings. The van der Waals surface area contributed by atoms with Crippen molar-refractivity contribution in [3.8, 4) is 17.1 Å². The predicted octanol–water partition coefficient (Wildman–Crippen LogP) is 3.39. The van der Waals surface area contributed by atoms with E-state index in [0.717, 1.165) is 37.1 Å². The van der Waals surface area contributed by atoms with Crippen LogP contribution in [0.25, 0.3) is 17.1 Å². The first kappa shape index (κ1) is 19.4. The molecule has 4 rings (SSSR count). The van der Waals surface area contributed by atoms with E-state index in [1.54, 1.807) is 15.3 Å². The molecule has 1 fully saturated rings. The summed E-state index contributed by atoms with van der Waals surface area (Å²) in [7, 11) is 0. The first-order chi connectivity index (χ1) is 14.0. The lowest BCUT2D eigenvalue weighted by Crippen LogP contribution is -2.29. The normalized spacial score (nSPS) is 19.4. The van der Waals surface area contributed by atoms with Crippen LogP contribution in [0.15, 0.2) is 53.6 Å². The highest BCUT2D eigenvalue weighted by Crippen LogP contribution is 2.24. The first-order valence-corrected chi connectivity index (χ1v) is 10.2. The number of benzene rings is 1. The molecule has 0 aliphatic heterocycles. The summed E-state index contributed by atoms with van der Waals surface area (Å²) >= 11 is 0. The fourth-order valence-corrected chi connectivity index (χ4v) is 3.81. The highest BCUT2D eigenvalue weighted by molar-refractivity contribution is 5.59. The molecule has 152 valence electrons. The van der Waals surface area contributed by atoms with Crippen LogP contribution < -0.4 is 11.0 Å². The number of aromatic nitrogens is 4. The Morgan fingerprint density at radius 1 is 1.10 bits per heavy atom. The molecule has 0 spiro atoms. The molecule has 7 heteroatoms. The summed E-state index contributed by atoms with van der Waals surface area (Å²) in [5, 5.41) is 13.1. The summed E-state index contributed by atoms with van der Waals surface area (Å²) < 4.78 is 3.42. The third-order valence-electron chi connectivity index (χ3n) is 5.43. The van der Waals surface area contributed by atoms with Crippen LogP contribution in [0.5, 0.6) is 0 Å². The van der Waals surface area contributed by atoms with Gasteiger partial charge in [0.1, 0.15) is 0 Å². The molecule has 0 saturated heterocycles. The van der Waals surface area contributed by atoms with Crippen LogP contribution in [-0.2, 0) is 0 Å². The van der Waals surface area contributed by atoms with E-state index in [-0.39, 0.29) is 23.9 Å². The van der Waals surface area contributed by atoms with Crippen molar-refractivity contribution in [2.75, 3.05) is 5.32 Å². The molecule has 0 amide bonds. The van der Waals surface area contributed by atoms with E-state index < -0.39 is 0 Å². The maximum absolute atomic E-state index is 13.1. The highest BCUT2D eigenvalue weighted by atomic mass is 16.3. The molecule has 0 radical (unpaired) electrons. The molecule has 2 aromatic heterocycles. The van der Waals surface area contributed by atoms with Gasteiger partial charge in [-0.05, 0) is 57.7 Å². The number of rotatable bonds is 5. The molecule has 7 nitrogen and oxygen atoms in total. The topological polar surface area (TPSA) is 85.0 Å². The number of anilines is 1. The van der Waals surface area contributed by atoms with Crippen molar-refractivity contribution in [1.29, 1.82) is 0 Å². The largest absolute Gasteiger partial charge is 0.393 e. The van der Waals surface area contributed by atoms with Crippen molar-refractivity contribution in [2.45, 2.75) is 57.7 Å². The quantitative estimate of drug-likeness (QED) is 0.694. The minimum atomic E-state index is -0.198. The van der Waals surface area contributed by atoms with Gasteiger partial charge in [0.25, 0.3) is 0 Å². The maximum Gasteiger partial charge on any atom is 0.333 e. The van der Waals surface area contributed by atoms with Gasteiger partial charge in [0, 0.05) is 24.5 Å². The van der Waals surface area contributed by atoms with E-state index in [0.29, 0.717) is 11.6 Å². The first-order valence-electron chi connectivity index (χ1n) is 10.2. The van der Waals surface area contributed by atoms with Crippen molar-refractivity contribution in [1.82, 2.24) is 19.1 Å². The molecule has 0 bridgehead atoms. The minimum absolute atomic E-state index is 0.0410. The van der Waals surface area contributed by atoms with Gasteiger partial charge in [-0.1, -0.05) is 18.2 Å². The van der Waals surface area contributed by atoms with E-state index in [4.69, 9.17) is 4.98 Å². The molecule has 2 N–H and O–H groups in total. The standard InChI is InChI=1S/C22H27N5O2/c1-15(2)26-14-20(27(22(26)29)17-6-4-3-5-7-17)19-12-13-23-21(25-19)24-16-8-10-18(28)11-9-16/h3-7,12-16,18,28H,8-11H2,1-2H3,(H,23,24,25)/t16-,18-. The number of aliphatic hydroxyl groups is 1. The van der Waals surface area contributed by atoms with Gasteiger partial charge in [-0.2, -0.15) is 0 Å². The Morgan fingerprint density at radius 3 is 2.52 bits per heavy atom. The third kappa shape index (κ3) is 4.10. The number of aliphatic hydroxyl groups excluding tert-OH is 1. The zero-order valence-corrected chi connectivity index (χ0v) is 16.8. The molecular formula is C22H27N5O2. The summed E-state index contributed by atoms with van der Waals surface area (Å²) in [4.78, 5) is 22.1. The van der Waals surface area contributed by atoms with Crippen LogP contribution in [0.3, 0.4) is 0 Å². The number of hydrogen-bond donors (Lipinski definition) is 2. The number of imidazole rings is 1. The fraction of sp³-hybridized carbons (Fsp3) is 0.409. The second kappa shape index (κ2) is 8.21. The van der Waals surface area contributed by atoms with Crippen LogP contribution in [0, 0.1) is 0 Å². The van der Waals surface area contributed by atoms with Crippen LogP contribution in [0.1, 0.15) is 45.6 Å². The van der Waals surface area contributed by atoms with Crippen molar-refractivity contribution >= 4 is 5.95 Å². The van der Waals surface area contributed by atoms with Gasteiger partial charge < -0.3 is 10.4 Å².